The molecule has 0 aromatic heterocycles. The van der Waals surface area contributed by atoms with E-state index >= 15 is 0 Å². The highest BCUT2D eigenvalue weighted by atomic mass is 32.2. The summed E-state index contributed by atoms with van der Waals surface area (Å²) in [7, 11) is -3.99. The molecule has 0 aromatic carbocycles. The van der Waals surface area contributed by atoms with Crippen molar-refractivity contribution in [3.05, 3.63) is 0 Å². The fourth-order valence-electron chi connectivity index (χ4n) is 2.91. The third kappa shape index (κ3) is 2.87. The van der Waals surface area contributed by atoms with E-state index in [0.717, 1.165) is 25.7 Å². The summed E-state index contributed by atoms with van der Waals surface area (Å²) in [6.07, 6.45) is 3.90. The molecule has 1 N–H and O–H groups in total. The van der Waals surface area contributed by atoms with E-state index in [4.69, 9.17) is 9.47 Å². The Kier molecular flexibility index (Phi) is 3.75. The van der Waals surface area contributed by atoms with Crippen molar-refractivity contribution in [2.24, 2.45) is 5.92 Å². The lowest BCUT2D eigenvalue weighted by Gasteiger charge is -2.37. The minimum absolute atomic E-state index is 0.306. The summed E-state index contributed by atoms with van der Waals surface area (Å²) in [5.74, 6) is -0.0982. The van der Waals surface area contributed by atoms with Crippen LogP contribution in [0.2, 0.25) is 0 Å². The van der Waals surface area contributed by atoms with Gasteiger partial charge in [0.1, 0.15) is 0 Å². The van der Waals surface area contributed by atoms with E-state index in [1.807, 2.05) is 0 Å². The standard InChI is InChI=1S/C12H22O5S/c1-11(2,18(13,14)15)9-10-3-5-12(6-4-10)16-7-8-17-12/h10H,3-9H2,1-2H3,(H,13,14,15). The van der Waals surface area contributed by atoms with Gasteiger partial charge >= 0.3 is 0 Å². The minimum atomic E-state index is -3.99. The van der Waals surface area contributed by atoms with Crippen molar-refractivity contribution in [3.8, 4) is 0 Å². The zero-order chi connectivity index (χ0) is 13.4. The van der Waals surface area contributed by atoms with Crippen LogP contribution in [0.3, 0.4) is 0 Å². The molecule has 6 heteroatoms. The largest absolute Gasteiger partial charge is 0.348 e. The van der Waals surface area contributed by atoms with E-state index in [9.17, 15) is 13.0 Å². The first-order valence-electron chi connectivity index (χ1n) is 6.49. The first-order valence-corrected chi connectivity index (χ1v) is 7.93. The van der Waals surface area contributed by atoms with Gasteiger partial charge in [-0.3, -0.25) is 4.55 Å². The zero-order valence-corrected chi connectivity index (χ0v) is 11.8. The van der Waals surface area contributed by atoms with Gasteiger partial charge in [0, 0.05) is 12.8 Å². The molecule has 0 bridgehead atoms. The van der Waals surface area contributed by atoms with Gasteiger partial charge in [0.05, 0.1) is 18.0 Å². The summed E-state index contributed by atoms with van der Waals surface area (Å²) in [6, 6.07) is 0. The average molecular weight is 278 g/mol. The molecule has 106 valence electrons. The highest BCUT2D eigenvalue weighted by Gasteiger charge is 2.43. The Morgan fingerprint density at radius 2 is 1.72 bits per heavy atom. The summed E-state index contributed by atoms with van der Waals surface area (Å²) < 4.78 is 42.0. The van der Waals surface area contributed by atoms with Gasteiger partial charge < -0.3 is 9.47 Å². The fourth-order valence-corrected chi connectivity index (χ4v) is 3.35. The van der Waals surface area contributed by atoms with Gasteiger partial charge in [-0.15, -0.1) is 0 Å². The molecule has 2 fully saturated rings. The molecule has 0 radical (unpaired) electrons. The highest BCUT2D eigenvalue weighted by molar-refractivity contribution is 7.87. The Morgan fingerprint density at radius 1 is 1.22 bits per heavy atom. The van der Waals surface area contributed by atoms with E-state index in [1.165, 1.54) is 0 Å². The Bertz CT molecular complexity index is 385. The van der Waals surface area contributed by atoms with Crippen LogP contribution in [0.25, 0.3) is 0 Å². The van der Waals surface area contributed by atoms with Crippen LogP contribution in [0.4, 0.5) is 0 Å². The van der Waals surface area contributed by atoms with Crippen molar-refractivity contribution in [2.45, 2.75) is 56.5 Å². The summed E-state index contributed by atoms with van der Waals surface area (Å²) in [5.41, 5.74) is 0. The number of rotatable bonds is 3. The van der Waals surface area contributed by atoms with Gasteiger partial charge in [0.2, 0.25) is 0 Å². The second kappa shape index (κ2) is 4.74. The Hall–Kier alpha value is -0.170. The molecular formula is C12H22O5S. The van der Waals surface area contributed by atoms with Gasteiger partial charge in [-0.25, -0.2) is 0 Å². The normalized spacial score (nSPS) is 25.7. The Balaban J connectivity index is 1.91. The van der Waals surface area contributed by atoms with E-state index in [2.05, 4.69) is 0 Å². The van der Waals surface area contributed by atoms with Crippen molar-refractivity contribution in [1.29, 1.82) is 0 Å². The molecule has 1 heterocycles. The molecule has 1 spiro atoms. The Morgan fingerprint density at radius 3 is 2.17 bits per heavy atom. The van der Waals surface area contributed by atoms with Crippen molar-refractivity contribution >= 4 is 10.1 Å². The van der Waals surface area contributed by atoms with E-state index in [0.29, 0.717) is 25.6 Å². The maximum atomic E-state index is 11.3. The van der Waals surface area contributed by atoms with E-state index in [1.54, 1.807) is 13.8 Å². The van der Waals surface area contributed by atoms with Crippen LogP contribution in [-0.4, -0.2) is 36.7 Å². The molecular weight excluding hydrogens is 256 g/mol. The SMILES string of the molecule is CC(C)(CC1CCC2(CC1)OCCO2)S(=O)(=O)O. The zero-order valence-electron chi connectivity index (χ0n) is 11.0. The number of hydrogen-bond acceptors (Lipinski definition) is 4. The van der Waals surface area contributed by atoms with Crippen molar-refractivity contribution in [3.63, 3.8) is 0 Å². The third-order valence-corrected chi connectivity index (χ3v) is 5.72. The van der Waals surface area contributed by atoms with Gasteiger partial charge in [-0.05, 0) is 39.0 Å². The second-order valence-electron chi connectivity index (χ2n) is 5.99. The van der Waals surface area contributed by atoms with Gasteiger partial charge in [0.25, 0.3) is 10.1 Å². The lowest BCUT2D eigenvalue weighted by atomic mass is 9.80. The van der Waals surface area contributed by atoms with E-state index in [-0.39, 0.29) is 0 Å². The first kappa shape index (κ1) is 14.2. The van der Waals surface area contributed by atoms with Crippen LogP contribution in [-0.2, 0) is 19.6 Å². The van der Waals surface area contributed by atoms with Gasteiger partial charge in [-0.2, -0.15) is 8.42 Å². The highest BCUT2D eigenvalue weighted by Crippen LogP contribution is 2.41. The fraction of sp³-hybridized carbons (Fsp3) is 1.00. The molecule has 1 saturated heterocycles. The van der Waals surface area contributed by atoms with E-state index < -0.39 is 20.7 Å². The quantitative estimate of drug-likeness (QED) is 0.799. The van der Waals surface area contributed by atoms with Crippen LogP contribution in [0.15, 0.2) is 0 Å². The molecule has 5 nitrogen and oxygen atoms in total. The molecule has 2 aliphatic rings. The number of hydrogen-bond donors (Lipinski definition) is 1. The second-order valence-corrected chi connectivity index (χ2v) is 8.05. The minimum Gasteiger partial charge on any atom is -0.348 e. The monoisotopic (exact) mass is 278 g/mol. The Labute approximate surface area is 109 Å². The molecule has 18 heavy (non-hydrogen) atoms. The molecule has 0 aromatic rings. The van der Waals surface area contributed by atoms with Crippen LogP contribution < -0.4 is 0 Å². The summed E-state index contributed by atoms with van der Waals surface area (Å²) in [4.78, 5) is 0. The van der Waals surface area contributed by atoms with Crippen molar-refractivity contribution in [1.82, 2.24) is 0 Å². The summed E-state index contributed by atoms with van der Waals surface area (Å²) in [6.45, 7) is 4.47. The molecule has 2 rings (SSSR count). The third-order valence-electron chi connectivity index (χ3n) is 4.16. The molecule has 0 atom stereocenters. The van der Waals surface area contributed by atoms with Gasteiger partial charge in [0.15, 0.2) is 5.79 Å². The molecule has 0 unspecified atom stereocenters. The van der Waals surface area contributed by atoms with Crippen LogP contribution in [0.1, 0.15) is 46.0 Å². The number of ether oxygens (including phenoxy) is 2. The maximum absolute atomic E-state index is 11.3. The molecule has 1 saturated carbocycles. The maximum Gasteiger partial charge on any atom is 0.270 e. The molecule has 1 aliphatic heterocycles. The van der Waals surface area contributed by atoms with Crippen molar-refractivity contribution < 1.29 is 22.4 Å². The summed E-state index contributed by atoms with van der Waals surface area (Å²) >= 11 is 0. The summed E-state index contributed by atoms with van der Waals surface area (Å²) in [5, 5.41) is 0. The first-order chi connectivity index (χ1) is 8.24. The predicted octanol–water partition coefficient (Wildman–Crippen LogP) is 1.98. The lowest BCUT2D eigenvalue weighted by molar-refractivity contribution is -0.182. The van der Waals surface area contributed by atoms with Crippen molar-refractivity contribution in [2.75, 3.05) is 13.2 Å². The average Bonchev–Trinajstić information content (AvgIpc) is 2.69. The topological polar surface area (TPSA) is 72.8 Å². The van der Waals surface area contributed by atoms with Gasteiger partial charge in [-0.1, -0.05) is 0 Å². The molecule has 0 amide bonds. The van der Waals surface area contributed by atoms with Crippen LogP contribution >= 0.6 is 0 Å². The predicted molar refractivity (Wildman–Crippen MR) is 66.8 cm³/mol. The van der Waals surface area contributed by atoms with Crippen LogP contribution in [0, 0.1) is 5.92 Å². The van der Waals surface area contributed by atoms with Crippen LogP contribution in [0.5, 0.6) is 0 Å². The lowest BCUT2D eigenvalue weighted by Crippen LogP contribution is -2.39. The molecule has 1 aliphatic carbocycles. The smallest absolute Gasteiger partial charge is 0.270 e.